The van der Waals surface area contributed by atoms with Crippen LogP contribution in [-0.2, 0) is 14.3 Å². The zero-order valence-electron chi connectivity index (χ0n) is 9.55. The monoisotopic (exact) mass is 230 g/mol. The summed E-state index contributed by atoms with van der Waals surface area (Å²) in [6.45, 7) is 3.42. The van der Waals surface area contributed by atoms with Crippen molar-refractivity contribution < 1.29 is 24.5 Å². The van der Waals surface area contributed by atoms with Crippen molar-refractivity contribution in [3.05, 3.63) is 0 Å². The van der Waals surface area contributed by atoms with Gasteiger partial charge in [-0.05, 0) is 12.8 Å². The van der Waals surface area contributed by atoms with Crippen LogP contribution in [0.3, 0.4) is 0 Å². The molecule has 0 aliphatic carbocycles. The van der Waals surface area contributed by atoms with Crippen molar-refractivity contribution in [2.45, 2.75) is 45.3 Å². The van der Waals surface area contributed by atoms with Gasteiger partial charge in [0, 0.05) is 0 Å². The Morgan fingerprint density at radius 2 is 2.19 bits per heavy atom. The smallest absolute Gasteiger partial charge is 0.312 e. The highest BCUT2D eigenvalue weighted by molar-refractivity contribution is 5.83. The summed E-state index contributed by atoms with van der Waals surface area (Å²) in [4.78, 5) is 22.2. The molecule has 5 nitrogen and oxygen atoms in total. The van der Waals surface area contributed by atoms with Crippen LogP contribution in [0, 0.1) is 11.8 Å². The summed E-state index contributed by atoms with van der Waals surface area (Å²) in [6, 6.07) is 0. The Hall–Kier alpha value is -1.10. The average molecular weight is 230 g/mol. The maximum absolute atomic E-state index is 11.5. The maximum Gasteiger partial charge on any atom is 0.312 e. The fourth-order valence-electron chi connectivity index (χ4n) is 1.96. The molecule has 1 aliphatic heterocycles. The number of cyclic esters (lactones) is 1. The van der Waals surface area contributed by atoms with Gasteiger partial charge in [-0.3, -0.25) is 9.59 Å². The molecule has 0 aromatic carbocycles. The average Bonchev–Trinajstić information content (AvgIpc) is 2.50. The Kier molecular flexibility index (Phi) is 4.29. The number of carbonyl (C=O) groups excluding carboxylic acids is 1. The number of hydrogen-bond acceptors (Lipinski definition) is 4. The molecule has 0 bridgehead atoms. The number of aliphatic carboxylic acids is 1. The van der Waals surface area contributed by atoms with E-state index in [2.05, 4.69) is 0 Å². The molecule has 0 radical (unpaired) electrons. The first-order chi connectivity index (χ1) is 7.49. The predicted molar refractivity (Wildman–Crippen MR) is 55.7 cm³/mol. The summed E-state index contributed by atoms with van der Waals surface area (Å²) < 4.78 is 5.01. The van der Waals surface area contributed by atoms with Crippen molar-refractivity contribution in [2.24, 2.45) is 11.8 Å². The van der Waals surface area contributed by atoms with Gasteiger partial charge in [-0.25, -0.2) is 0 Å². The Bertz CT molecular complexity index is 276. The predicted octanol–water partition coefficient (Wildman–Crippen LogP) is 0.800. The van der Waals surface area contributed by atoms with Gasteiger partial charge in [0.1, 0.15) is 12.2 Å². The van der Waals surface area contributed by atoms with Crippen LogP contribution in [0.1, 0.15) is 33.1 Å². The molecular weight excluding hydrogens is 212 g/mol. The molecule has 4 atom stereocenters. The number of carbonyl (C=O) groups is 2. The van der Waals surface area contributed by atoms with Crippen molar-refractivity contribution in [1.29, 1.82) is 0 Å². The number of ether oxygens (including phenoxy) is 1. The first-order valence-corrected chi connectivity index (χ1v) is 5.60. The number of unbranched alkanes of at least 4 members (excludes halogenated alkanes) is 1. The van der Waals surface area contributed by atoms with Gasteiger partial charge in [-0.15, -0.1) is 0 Å². The van der Waals surface area contributed by atoms with E-state index in [0.717, 1.165) is 12.8 Å². The molecule has 0 aromatic heterocycles. The Balaban J connectivity index is 2.67. The van der Waals surface area contributed by atoms with E-state index in [4.69, 9.17) is 9.84 Å². The van der Waals surface area contributed by atoms with Crippen molar-refractivity contribution in [3.63, 3.8) is 0 Å². The minimum absolute atomic E-state index is 0.542. The van der Waals surface area contributed by atoms with Gasteiger partial charge in [0.15, 0.2) is 0 Å². The molecule has 1 heterocycles. The lowest BCUT2D eigenvalue weighted by molar-refractivity contribution is -0.152. The van der Waals surface area contributed by atoms with E-state index >= 15 is 0 Å². The zero-order chi connectivity index (χ0) is 12.3. The van der Waals surface area contributed by atoms with Gasteiger partial charge in [-0.1, -0.05) is 20.3 Å². The van der Waals surface area contributed by atoms with Crippen LogP contribution < -0.4 is 0 Å². The zero-order valence-corrected chi connectivity index (χ0v) is 9.55. The lowest BCUT2D eigenvalue weighted by Crippen LogP contribution is -2.34. The van der Waals surface area contributed by atoms with E-state index in [1.54, 1.807) is 0 Å². The third-order valence-electron chi connectivity index (χ3n) is 3.06. The highest BCUT2D eigenvalue weighted by atomic mass is 16.6. The summed E-state index contributed by atoms with van der Waals surface area (Å²) in [6.07, 6.45) is 0.847. The summed E-state index contributed by atoms with van der Waals surface area (Å²) in [5, 5.41) is 18.7. The fourth-order valence-corrected chi connectivity index (χ4v) is 1.96. The second-order valence-electron chi connectivity index (χ2n) is 4.26. The summed E-state index contributed by atoms with van der Waals surface area (Å²) >= 11 is 0. The Labute approximate surface area is 94.4 Å². The van der Waals surface area contributed by atoms with E-state index < -0.39 is 36.0 Å². The number of aliphatic hydroxyl groups excluding tert-OH is 1. The highest BCUT2D eigenvalue weighted by Crippen LogP contribution is 2.31. The minimum atomic E-state index is -1.09. The van der Waals surface area contributed by atoms with E-state index in [1.165, 1.54) is 6.92 Å². The van der Waals surface area contributed by atoms with Gasteiger partial charge in [0.25, 0.3) is 0 Å². The molecule has 1 fully saturated rings. The van der Waals surface area contributed by atoms with Crippen LogP contribution in [0.25, 0.3) is 0 Å². The second kappa shape index (κ2) is 5.30. The molecule has 2 N–H and O–H groups in total. The fraction of sp³-hybridized carbons (Fsp3) is 0.818. The lowest BCUT2D eigenvalue weighted by atomic mass is 9.87. The molecule has 0 amide bonds. The van der Waals surface area contributed by atoms with E-state index in [0.29, 0.717) is 6.42 Å². The SMILES string of the molecule is CCCCC1OC(=O)C(C(C)C(=O)O)C1O. The molecular formula is C11H18O5. The molecule has 1 rings (SSSR count). The van der Waals surface area contributed by atoms with Crippen molar-refractivity contribution >= 4 is 11.9 Å². The van der Waals surface area contributed by atoms with Gasteiger partial charge >= 0.3 is 11.9 Å². The number of aliphatic hydroxyl groups is 1. The van der Waals surface area contributed by atoms with Crippen LogP contribution in [-0.4, -0.2) is 34.4 Å². The van der Waals surface area contributed by atoms with Crippen molar-refractivity contribution in [3.8, 4) is 0 Å². The summed E-state index contributed by atoms with van der Waals surface area (Å²) in [5.41, 5.74) is 0. The molecule has 92 valence electrons. The molecule has 0 aromatic rings. The Morgan fingerprint density at radius 3 is 2.69 bits per heavy atom. The first-order valence-electron chi connectivity index (χ1n) is 5.60. The van der Waals surface area contributed by atoms with Gasteiger partial charge < -0.3 is 14.9 Å². The Morgan fingerprint density at radius 1 is 1.56 bits per heavy atom. The lowest BCUT2D eigenvalue weighted by Gasteiger charge is -2.17. The molecule has 0 spiro atoms. The summed E-state index contributed by atoms with van der Waals surface area (Å²) in [7, 11) is 0. The van der Waals surface area contributed by atoms with E-state index in [9.17, 15) is 14.7 Å². The topological polar surface area (TPSA) is 83.8 Å². The molecule has 1 saturated heterocycles. The van der Waals surface area contributed by atoms with Gasteiger partial charge in [0.2, 0.25) is 0 Å². The van der Waals surface area contributed by atoms with E-state index in [1.807, 2.05) is 6.92 Å². The molecule has 4 unspecified atom stereocenters. The third kappa shape index (κ3) is 2.52. The van der Waals surface area contributed by atoms with Gasteiger partial charge in [-0.2, -0.15) is 0 Å². The van der Waals surface area contributed by atoms with Crippen LogP contribution in [0.2, 0.25) is 0 Å². The highest BCUT2D eigenvalue weighted by Gasteiger charge is 2.47. The van der Waals surface area contributed by atoms with Crippen LogP contribution in [0.5, 0.6) is 0 Å². The number of carboxylic acid groups (broad SMARTS) is 1. The van der Waals surface area contributed by atoms with Crippen LogP contribution in [0.15, 0.2) is 0 Å². The summed E-state index contributed by atoms with van der Waals surface area (Å²) in [5.74, 6) is -3.52. The van der Waals surface area contributed by atoms with Crippen LogP contribution >= 0.6 is 0 Å². The maximum atomic E-state index is 11.5. The number of esters is 1. The number of carboxylic acids is 1. The normalized spacial score (nSPS) is 31.2. The van der Waals surface area contributed by atoms with Gasteiger partial charge in [0.05, 0.1) is 11.8 Å². The molecule has 5 heteroatoms. The quantitative estimate of drug-likeness (QED) is 0.682. The minimum Gasteiger partial charge on any atom is -0.481 e. The van der Waals surface area contributed by atoms with Crippen molar-refractivity contribution in [2.75, 3.05) is 0 Å². The second-order valence-corrected chi connectivity index (χ2v) is 4.26. The molecule has 16 heavy (non-hydrogen) atoms. The van der Waals surface area contributed by atoms with Crippen molar-refractivity contribution in [1.82, 2.24) is 0 Å². The first kappa shape index (κ1) is 13.0. The number of rotatable bonds is 5. The van der Waals surface area contributed by atoms with E-state index in [-0.39, 0.29) is 0 Å². The molecule has 0 saturated carbocycles. The standard InChI is InChI=1S/C11H18O5/c1-3-4-5-7-9(12)8(11(15)16-7)6(2)10(13)14/h6-9,12H,3-5H2,1-2H3,(H,13,14). The molecule has 1 aliphatic rings. The van der Waals surface area contributed by atoms with Crippen LogP contribution in [0.4, 0.5) is 0 Å². The number of hydrogen-bond donors (Lipinski definition) is 2. The third-order valence-corrected chi connectivity index (χ3v) is 3.06. The largest absolute Gasteiger partial charge is 0.481 e.